The van der Waals surface area contributed by atoms with Gasteiger partial charge < -0.3 is 9.64 Å². The minimum atomic E-state index is -0.570. The molecule has 5 nitrogen and oxygen atoms in total. The minimum absolute atomic E-state index is 0.0949. The van der Waals surface area contributed by atoms with Crippen molar-refractivity contribution in [3.8, 4) is 0 Å². The second-order valence-electron chi connectivity index (χ2n) is 3.61. The Hall–Kier alpha value is -2.17. The summed E-state index contributed by atoms with van der Waals surface area (Å²) < 4.78 is 4.59. The Morgan fingerprint density at radius 2 is 2.12 bits per heavy atom. The number of rotatable bonds is 4. The molecule has 0 aliphatic carbocycles. The molecule has 0 atom stereocenters. The van der Waals surface area contributed by atoms with E-state index >= 15 is 0 Å². The lowest BCUT2D eigenvalue weighted by Gasteiger charge is -2.06. The van der Waals surface area contributed by atoms with Gasteiger partial charge in [-0.2, -0.15) is 0 Å². The summed E-state index contributed by atoms with van der Waals surface area (Å²) in [5.74, 6) is -0.570. The standard InChI is InChI=1S/C12H14N2O3/c1-14(2)8-7-9-5-4-6-10(11(9)13-16)12(15)17-3/h4-8H,1-3H3/b8-7+. The van der Waals surface area contributed by atoms with Crippen LogP contribution < -0.4 is 0 Å². The topological polar surface area (TPSA) is 59.0 Å². The molecular weight excluding hydrogens is 220 g/mol. The molecule has 0 aliphatic rings. The summed E-state index contributed by atoms with van der Waals surface area (Å²) in [6.45, 7) is 0. The van der Waals surface area contributed by atoms with E-state index in [4.69, 9.17) is 0 Å². The van der Waals surface area contributed by atoms with E-state index in [9.17, 15) is 9.70 Å². The molecule has 0 saturated heterocycles. The molecule has 1 aromatic carbocycles. The lowest BCUT2D eigenvalue weighted by molar-refractivity contribution is 0.0601. The number of carbonyl (C=O) groups excluding carboxylic acids is 1. The quantitative estimate of drug-likeness (QED) is 0.593. The highest BCUT2D eigenvalue weighted by Gasteiger charge is 2.14. The molecule has 0 heterocycles. The minimum Gasteiger partial charge on any atom is -0.465 e. The highest BCUT2D eigenvalue weighted by molar-refractivity contribution is 5.96. The monoisotopic (exact) mass is 234 g/mol. The maximum Gasteiger partial charge on any atom is 0.340 e. The number of ether oxygens (including phenoxy) is 1. The molecule has 0 aromatic heterocycles. The van der Waals surface area contributed by atoms with Crippen molar-refractivity contribution in [3.63, 3.8) is 0 Å². The number of hydrogen-bond donors (Lipinski definition) is 0. The van der Waals surface area contributed by atoms with Crippen LogP contribution >= 0.6 is 0 Å². The van der Waals surface area contributed by atoms with E-state index in [-0.39, 0.29) is 11.3 Å². The van der Waals surface area contributed by atoms with Gasteiger partial charge in [0, 0.05) is 19.7 Å². The average Bonchev–Trinajstić information content (AvgIpc) is 2.34. The number of benzene rings is 1. The number of nitrogens with zero attached hydrogens (tertiary/aromatic N) is 2. The molecule has 0 saturated carbocycles. The molecule has 5 heteroatoms. The lowest BCUT2D eigenvalue weighted by atomic mass is 10.1. The SMILES string of the molecule is COC(=O)c1cccc(/C=C/N(C)C)c1N=O. The fourth-order valence-corrected chi connectivity index (χ4v) is 1.30. The van der Waals surface area contributed by atoms with Crippen molar-refractivity contribution < 1.29 is 9.53 Å². The average molecular weight is 234 g/mol. The molecule has 0 bridgehead atoms. The van der Waals surface area contributed by atoms with Crippen molar-refractivity contribution in [1.29, 1.82) is 0 Å². The van der Waals surface area contributed by atoms with Gasteiger partial charge in [0.1, 0.15) is 5.69 Å². The molecule has 0 unspecified atom stereocenters. The second kappa shape index (κ2) is 5.79. The predicted octanol–water partition coefficient (Wildman–Crippen LogP) is 2.40. The van der Waals surface area contributed by atoms with Crippen LogP contribution in [0.4, 0.5) is 5.69 Å². The molecule has 17 heavy (non-hydrogen) atoms. The molecule has 1 aromatic rings. The normalized spacial score (nSPS) is 10.3. The van der Waals surface area contributed by atoms with E-state index in [1.807, 2.05) is 19.0 Å². The summed E-state index contributed by atoms with van der Waals surface area (Å²) in [4.78, 5) is 24.1. The summed E-state index contributed by atoms with van der Waals surface area (Å²) in [6.07, 6.45) is 3.48. The first-order valence-corrected chi connectivity index (χ1v) is 4.99. The first kappa shape index (κ1) is 12.9. The number of methoxy groups -OCH3 is 1. The van der Waals surface area contributed by atoms with Crippen molar-refractivity contribution in [3.05, 3.63) is 40.4 Å². The Bertz CT molecular complexity index is 453. The predicted molar refractivity (Wildman–Crippen MR) is 66.0 cm³/mol. The highest BCUT2D eigenvalue weighted by Crippen LogP contribution is 2.26. The summed E-state index contributed by atoms with van der Waals surface area (Å²) in [6, 6.07) is 4.90. The summed E-state index contributed by atoms with van der Waals surface area (Å²) in [5.41, 5.74) is 0.845. The van der Waals surface area contributed by atoms with Gasteiger partial charge in [-0.15, -0.1) is 4.91 Å². The zero-order chi connectivity index (χ0) is 12.8. The molecular formula is C12H14N2O3. The van der Waals surface area contributed by atoms with E-state index in [0.717, 1.165) is 0 Å². The van der Waals surface area contributed by atoms with E-state index in [1.54, 1.807) is 24.4 Å². The lowest BCUT2D eigenvalue weighted by Crippen LogP contribution is -2.02. The molecule has 0 radical (unpaired) electrons. The van der Waals surface area contributed by atoms with Crippen LogP contribution in [0.3, 0.4) is 0 Å². The van der Waals surface area contributed by atoms with Gasteiger partial charge in [0.25, 0.3) is 0 Å². The zero-order valence-corrected chi connectivity index (χ0v) is 10.0. The summed E-state index contributed by atoms with van der Waals surface area (Å²) >= 11 is 0. The van der Waals surface area contributed by atoms with Crippen LogP contribution in [0.25, 0.3) is 6.08 Å². The van der Waals surface area contributed by atoms with Gasteiger partial charge >= 0.3 is 5.97 Å². The van der Waals surface area contributed by atoms with E-state index < -0.39 is 5.97 Å². The summed E-state index contributed by atoms with van der Waals surface area (Å²) in [5, 5.41) is 2.90. The third-order valence-corrected chi connectivity index (χ3v) is 2.12. The van der Waals surface area contributed by atoms with E-state index in [2.05, 4.69) is 9.91 Å². The molecule has 90 valence electrons. The van der Waals surface area contributed by atoms with Gasteiger partial charge in [0.15, 0.2) is 0 Å². The Labute approximate surface area is 99.7 Å². The van der Waals surface area contributed by atoms with Gasteiger partial charge in [-0.25, -0.2) is 4.79 Å². The Kier molecular flexibility index (Phi) is 4.39. The van der Waals surface area contributed by atoms with Crippen molar-refractivity contribution in [2.45, 2.75) is 0 Å². The van der Waals surface area contributed by atoms with Crippen LogP contribution in [0.2, 0.25) is 0 Å². The largest absolute Gasteiger partial charge is 0.465 e. The number of hydrogen-bond acceptors (Lipinski definition) is 5. The third kappa shape index (κ3) is 3.14. The van der Waals surface area contributed by atoms with Crippen molar-refractivity contribution in [2.75, 3.05) is 21.2 Å². The van der Waals surface area contributed by atoms with Crippen molar-refractivity contribution in [1.82, 2.24) is 4.90 Å². The van der Waals surface area contributed by atoms with Gasteiger partial charge in [-0.05, 0) is 23.5 Å². The van der Waals surface area contributed by atoms with Gasteiger partial charge in [-0.3, -0.25) is 0 Å². The van der Waals surface area contributed by atoms with Gasteiger partial charge in [0.05, 0.1) is 12.7 Å². The van der Waals surface area contributed by atoms with Crippen LogP contribution in [0, 0.1) is 4.91 Å². The number of nitroso groups, excluding NO2 is 1. The highest BCUT2D eigenvalue weighted by atomic mass is 16.5. The maximum absolute atomic E-state index is 11.4. The van der Waals surface area contributed by atoms with Crippen LogP contribution in [0.1, 0.15) is 15.9 Å². The van der Waals surface area contributed by atoms with Gasteiger partial charge in [-0.1, -0.05) is 12.1 Å². The van der Waals surface area contributed by atoms with Crippen LogP contribution in [0.5, 0.6) is 0 Å². The Morgan fingerprint density at radius 1 is 1.41 bits per heavy atom. The molecule has 0 fully saturated rings. The molecule has 1 rings (SSSR count). The molecule has 0 spiro atoms. The van der Waals surface area contributed by atoms with Crippen LogP contribution in [-0.2, 0) is 4.74 Å². The van der Waals surface area contributed by atoms with Crippen LogP contribution in [0.15, 0.2) is 29.6 Å². The smallest absolute Gasteiger partial charge is 0.340 e. The Balaban J connectivity index is 3.23. The fourth-order valence-electron chi connectivity index (χ4n) is 1.30. The van der Waals surface area contributed by atoms with Crippen molar-refractivity contribution in [2.24, 2.45) is 5.18 Å². The molecule has 0 aliphatic heterocycles. The maximum atomic E-state index is 11.4. The fraction of sp³-hybridized carbons (Fsp3) is 0.250. The first-order chi connectivity index (χ1) is 8.10. The number of esters is 1. The van der Waals surface area contributed by atoms with E-state index in [1.165, 1.54) is 13.2 Å². The third-order valence-electron chi connectivity index (χ3n) is 2.12. The summed E-state index contributed by atoms with van der Waals surface area (Å²) in [7, 11) is 4.97. The first-order valence-electron chi connectivity index (χ1n) is 4.99. The van der Waals surface area contributed by atoms with Crippen LogP contribution in [-0.4, -0.2) is 32.1 Å². The van der Waals surface area contributed by atoms with Crippen molar-refractivity contribution >= 4 is 17.7 Å². The zero-order valence-electron chi connectivity index (χ0n) is 10.0. The molecule has 0 N–H and O–H groups in total. The number of carbonyl (C=O) groups is 1. The van der Waals surface area contributed by atoms with Gasteiger partial charge in [0.2, 0.25) is 0 Å². The second-order valence-corrected chi connectivity index (χ2v) is 3.61. The van der Waals surface area contributed by atoms with E-state index in [0.29, 0.717) is 5.56 Å². The Morgan fingerprint density at radius 3 is 2.65 bits per heavy atom. The molecule has 0 amide bonds.